The lowest BCUT2D eigenvalue weighted by atomic mass is 10.1. The first kappa shape index (κ1) is 15.6. The first-order chi connectivity index (χ1) is 11.2. The van der Waals surface area contributed by atoms with Crippen LogP contribution in [0.15, 0.2) is 28.8 Å². The standard InChI is InChI=1S/C17H20N2O4/c1-12-15(13(2)23-18-12)11-22-16-6-4-3-5-14(16)17(20)19-7-9-21-10-8-19/h3-6H,7-11H2,1-2H3. The van der Waals surface area contributed by atoms with Gasteiger partial charge in [0.1, 0.15) is 18.1 Å². The Kier molecular flexibility index (Phi) is 4.62. The van der Waals surface area contributed by atoms with Crippen LogP contribution >= 0.6 is 0 Å². The molecule has 23 heavy (non-hydrogen) atoms. The number of rotatable bonds is 4. The molecule has 6 nitrogen and oxygen atoms in total. The van der Waals surface area contributed by atoms with Gasteiger partial charge in [0.05, 0.1) is 30.0 Å². The molecule has 1 aliphatic heterocycles. The van der Waals surface area contributed by atoms with E-state index < -0.39 is 0 Å². The number of aryl methyl sites for hydroxylation is 2. The van der Waals surface area contributed by atoms with Crippen molar-refractivity contribution in [1.82, 2.24) is 10.1 Å². The van der Waals surface area contributed by atoms with Gasteiger partial charge in [0.2, 0.25) is 0 Å². The van der Waals surface area contributed by atoms with Crippen molar-refractivity contribution in [2.45, 2.75) is 20.5 Å². The van der Waals surface area contributed by atoms with Gasteiger partial charge < -0.3 is 18.9 Å². The minimum Gasteiger partial charge on any atom is -0.488 e. The number of hydrogen-bond acceptors (Lipinski definition) is 5. The summed E-state index contributed by atoms with van der Waals surface area (Å²) < 4.78 is 16.3. The van der Waals surface area contributed by atoms with E-state index in [0.29, 0.717) is 44.2 Å². The first-order valence-electron chi connectivity index (χ1n) is 7.67. The molecule has 2 aromatic rings. The van der Waals surface area contributed by atoms with E-state index in [1.54, 1.807) is 11.0 Å². The van der Waals surface area contributed by atoms with E-state index in [-0.39, 0.29) is 5.91 Å². The number of hydrogen-bond donors (Lipinski definition) is 0. The molecule has 0 bridgehead atoms. The lowest BCUT2D eigenvalue weighted by Crippen LogP contribution is -2.40. The Bertz CT molecular complexity index is 670. The number of carbonyl (C=O) groups excluding carboxylic acids is 1. The van der Waals surface area contributed by atoms with Crippen LogP contribution in [0.25, 0.3) is 0 Å². The van der Waals surface area contributed by atoms with Crippen LogP contribution < -0.4 is 4.74 Å². The number of para-hydroxylation sites is 1. The SMILES string of the molecule is Cc1noc(C)c1COc1ccccc1C(=O)N1CCOCC1. The topological polar surface area (TPSA) is 64.8 Å². The van der Waals surface area contributed by atoms with Crippen LogP contribution in [0, 0.1) is 13.8 Å². The lowest BCUT2D eigenvalue weighted by molar-refractivity contribution is 0.0300. The summed E-state index contributed by atoms with van der Waals surface area (Å²) in [6.45, 7) is 6.42. The minimum atomic E-state index is -0.0253. The molecule has 0 spiro atoms. The van der Waals surface area contributed by atoms with E-state index in [0.717, 1.165) is 17.0 Å². The second-order valence-electron chi connectivity index (χ2n) is 5.49. The van der Waals surface area contributed by atoms with Gasteiger partial charge in [-0.3, -0.25) is 4.79 Å². The van der Waals surface area contributed by atoms with Crippen molar-refractivity contribution in [3.05, 3.63) is 46.8 Å². The molecule has 6 heteroatoms. The third-order valence-corrected chi connectivity index (χ3v) is 3.97. The van der Waals surface area contributed by atoms with Gasteiger partial charge in [-0.25, -0.2) is 0 Å². The predicted octanol–water partition coefficient (Wildman–Crippen LogP) is 2.34. The third-order valence-electron chi connectivity index (χ3n) is 3.97. The van der Waals surface area contributed by atoms with Crippen LogP contribution in [0.5, 0.6) is 5.75 Å². The number of ether oxygens (including phenoxy) is 2. The fourth-order valence-electron chi connectivity index (χ4n) is 2.56. The molecule has 0 saturated carbocycles. The quantitative estimate of drug-likeness (QED) is 0.866. The number of morpholine rings is 1. The van der Waals surface area contributed by atoms with Crippen molar-refractivity contribution in [2.75, 3.05) is 26.3 Å². The molecule has 0 atom stereocenters. The van der Waals surface area contributed by atoms with Gasteiger partial charge in [0.25, 0.3) is 5.91 Å². The van der Waals surface area contributed by atoms with Crippen molar-refractivity contribution in [2.24, 2.45) is 0 Å². The maximum Gasteiger partial charge on any atom is 0.257 e. The van der Waals surface area contributed by atoms with Gasteiger partial charge in [-0.1, -0.05) is 17.3 Å². The van der Waals surface area contributed by atoms with Gasteiger partial charge in [-0.15, -0.1) is 0 Å². The number of aromatic nitrogens is 1. The summed E-state index contributed by atoms with van der Waals surface area (Å²) in [4.78, 5) is 14.5. The Labute approximate surface area is 135 Å². The normalized spacial score (nSPS) is 14.8. The molecule has 1 saturated heterocycles. The van der Waals surface area contributed by atoms with Crippen LogP contribution in [0.2, 0.25) is 0 Å². The molecule has 1 amide bonds. The van der Waals surface area contributed by atoms with Crippen LogP contribution in [-0.4, -0.2) is 42.3 Å². The average Bonchev–Trinajstić information content (AvgIpc) is 2.92. The molecule has 0 radical (unpaired) electrons. The number of amides is 1. The average molecular weight is 316 g/mol. The zero-order valence-corrected chi connectivity index (χ0v) is 13.4. The first-order valence-corrected chi connectivity index (χ1v) is 7.67. The Morgan fingerprint density at radius 1 is 1.26 bits per heavy atom. The van der Waals surface area contributed by atoms with E-state index in [4.69, 9.17) is 14.0 Å². The van der Waals surface area contributed by atoms with E-state index in [1.165, 1.54) is 0 Å². The molecule has 1 fully saturated rings. The Morgan fingerprint density at radius 3 is 2.70 bits per heavy atom. The number of benzene rings is 1. The number of carbonyl (C=O) groups is 1. The smallest absolute Gasteiger partial charge is 0.257 e. The zero-order chi connectivity index (χ0) is 16.2. The van der Waals surface area contributed by atoms with Gasteiger partial charge >= 0.3 is 0 Å². The van der Waals surface area contributed by atoms with Gasteiger partial charge in [-0.2, -0.15) is 0 Å². The highest BCUT2D eigenvalue weighted by Crippen LogP contribution is 2.23. The monoisotopic (exact) mass is 316 g/mol. The van der Waals surface area contributed by atoms with E-state index in [2.05, 4.69) is 5.16 Å². The molecule has 0 aliphatic carbocycles. The second kappa shape index (κ2) is 6.83. The third kappa shape index (κ3) is 3.37. The van der Waals surface area contributed by atoms with Crippen LogP contribution in [0.1, 0.15) is 27.4 Å². The summed E-state index contributed by atoms with van der Waals surface area (Å²) in [5, 5.41) is 3.92. The van der Waals surface area contributed by atoms with Crippen molar-refractivity contribution >= 4 is 5.91 Å². The van der Waals surface area contributed by atoms with Crippen LogP contribution in [-0.2, 0) is 11.3 Å². The molecule has 1 aromatic carbocycles. The van der Waals surface area contributed by atoms with Gasteiger partial charge in [-0.05, 0) is 26.0 Å². The number of nitrogens with zero attached hydrogens (tertiary/aromatic N) is 2. The Balaban J connectivity index is 1.76. The largest absolute Gasteiger partial charge is 0.488 e. The van der Waals surface area contributed by atoms with Crippen molar-refractivity contribution < 1.29 is 18.8 Å². The van der Waals surface area contributed by atoms with E-state index in [1.807, 2.05) is 32.0 Å². The van der Waals surface area contributed by atoms with E-state index >= 15 is 0 Å². The lowest BCUT2D eigenvalue weighted by Gasteiger charge is -2.27. The summed E-state index contributed by atoms with van der Waals surface area (Å²) in [5.41, 5.74) is 2.29. The highest BCUT2D eigenvalue weighted by atomic mass is 16.5. The summed E-state index contributed by atoms with van der Waals surface area (Å²) in [5.74, 6) is 1.28. The van der Waals surface area contributed by atoms with E-state index in [9.17, 15) is 4.79 Å². The highest BCUT2D eigenvalue weighted by molar-refractivity contribution is 5.97. The molecule has 1 aliphatic rings. The van der Waals surface area contributed by atoms with Crippen LogP contribution in [0.4, 0.5) is 0 Å². The maximum absolute atomic E-state index is 12.7. The molecule has 1 aromatic heterocycles. The fourth-order valence-corrected chi connectivity index (χ4v) is 2.56. The minimum absolute atomic E-state index is 0.0253. The van der Waals surface area contributed by atoms with Crippen molar-refractivity contribution in [1.29, 1.82) is 0 Å². The molecular weight excluding hydrogens is 296 g/mol. The van der Waals surface area contributed by atoms with Crippen LogP contribution in [0.3, 0.4) is 0 Å². The summed E-state index contributed by atoms with van der Waals surface area (Å²) in [6.07, 6.45) is 0. The summed E-state index contributed by atoms with van der Waals surface area (Å²) in [6, 6.07) is 7.31. The summed E-state index contributed by atoms with van der Waals surface area (Å²) >= 11 is 0. The molecule has 122 valence electrons. The zero-order valence-electron chi connectivity index (χ0n) is 13.4. The molecule has 3 rings (SSSR count). The maximum atomic E-state index is 12.7. The van der Waals surface area contributed by atoms with Gasteiger partial charge in [0.15, 0.2) is 0 Å². The molecule has 0 N–H and O–H groups in total. The van der Waals surface area contributed by atoms with Crippen molar-refractivity contribution in [3.63, 3.8) is 0 Å². The Hall–Kier alpha value is -2.34. The highest BCUT2D eigenvalue weighted by Gasteiger charge is 2.22. The molecule has 2 heterocycles. The molecular formula is C17H20N2O4. The summed E-state index contributed by atoms with van der Waals surface area (Å²) in [7, 11) is 0. The van der Waals surface area contributed by atoms with Crippen molar-refractivity contribution in [3.8, 4) is 5.75 Å². The fraction of sp³-hybridized carbons (Fsp3) is 0.412. The molecule has 0 unspecified atom stereocenters. The predicted molar refractivity (Wildman–Crippen MR) is 83.5 cm³/mol. The second-order valence-corrected chi connectivity index (χ2v) is 5.49. The van der Waals surface area contributed by atoms with Gasteiger partial charge in [0, 0.05) is 13.1 Å². The Morgan fingerprint density at radius 2 is 2.00 bits per heavy atom.